The summed E-state index contributed by atoms with van der Waals surface area (Å²) in [6.45, 7) is 4.08. The number of hydrogen-bond acceptors (Lipinski definition) is 3. The first-order valence-corrected chi connectivity index (χ1v) is 6.87. The number of fused-ring (bicyclic) bond motifs is 4. The fourth-order valence-electron chi connectivity index (χ4n) is 2.92. The van der Waals surface area contributed by atoms with Crippen molar-refractivity contribution in [1.82, 2.24) is 4.98 Å². The van der Waals surface area contributed by atoms with Crippen molar-refractivity contribution in [3.63, 3.8) is 0 Å². The Morgan fingerprint density at radius 1 is 0.952 bits per heavy atom. The minimum absolute atomic E-state index is 0.336. The minimum Gasteiger partial charge on any atom is -0.422 e. The Labute approximate surface area is 120 Å². The molecular weight excluding hydrogens is 262 g/mol. The van der Waals surface area contributed by atoms with Gasteiger partial charge in [-0.2, -0.15) is 0 Å². The van der Waals surface area contributed by atoms with E-state index < -0.39 is 0 Å². The molecule has 0 atom stereocenters. The SMILES string of the molecule is Cc1cc(C)c2nc3c(cc2c1)c(=O)oc1ccccc13. The van der Waals surface area contributed by atoms with Crippen molar-refractivity contribution in [1.29, 1.82) is 0 Å². The van der Waals surface area contributed by atoms with Gasteiger partial charge in [0, 0.05) is 10.8 Å². The van der Waals surface area contributed by atoms with E-state index in [2.05, 4.69) is 6.07 Å². The summed E-state index contributed by atoms with van der Waals surface area (Å²) >= 11 is 0. The molecule has 0 fully saturated rings. The molecule has 0 aliphatic carbocycles. The van der Waals surface area contributed by atoms with Crippen LogP contribution in [0.1, 0.15) is 11.1 Å². The van der Waals surface area contributed by atoms with Crippen molar-refractivity contribution in [2.75, 3.05) is 0 Å². The summed E-state index contributed by atoms with van der Waals surface area (Å²) in [4.78, 5) is 16.9. The highest BCUT2D eigenvalue weighted by atomic mass is 16.4. The Morgan fingerprint density at radius 2 is 1.76 bits per heavy atom. The second-order valence-corrected chi connectivity index (χ2v) is 5.42. The lowest BCUT2D eigenvalue weighted by Crippen LogP contribution is -2.01. The maximum Gasteiger partial charge on any atom is 0.345 e. The summed E-state index contributed by atoms with van der Waals surface area (Å²) in [7, 11) is 0. The average Bonchev–Trinajstić information content (AvgIpc) is 2.46. The maximum absolute atomic E-state index is 12.2. The zero-order valence-corrected chi connectivity index (χ0v) is 11.8. The lowest BCUT2D eigenvalue weighted by Gasteiger charge is -2.07. The molecule has 0 spiro atoms. The van der Waals surface area contributed by atoms with Crippen LogP contribution >= 0.6 is 0 Å². The fourth-order valence-corrected chi connectivity index (χ4v) is 2.92. The van der Waals surface area contributed by atoms with Crippen molar-refractivity contribution in [3.8, 4) is 0 Å². The molecular formula is C18H13NO2. The molecule has 0 saturated heterocycles. The summed E-state index contributed by atoms with van der Waals surface area (Å²) in [5.74, 6) is 0. The van der Waals surface area contributed by atoms with Gasteiger partial charge in [0.2, 0.25) is 0 Å². The van der Waals surface area contributed by atoms with Gasteiger partial charge in [0.1, 0.15) is 5.58 Å². The number of para-hydroxylation sites is 1. The van der Waals surface area contributed by atoms with Gasteiger partial charge in [0.05, 0.1) is 16.4 Å². The van der Waals surface area contributed by atoms with Crippen LogP contribution in [0.4, 0.5) is 0 Å². The molecule has 0 amide bonds. The molecule has 0 aliphatic heterocycles. The van der Waals surface area contributed by atoms with Crippen LogP contribution < -0.4 is 5.63 Å². The molecule has 21 heavy (non-hydrogen) atoms. The average molecular weight is 275 g/mol. The number of aromatic nitrogens is 1. The van der Waals surface area contributed by atoms with Gasteiger partial charge in [-0.15, -0.1) is 0 Å². The first kappa shape index (κ1) is 12.1. The third-order valence-electron chi connectivity index (χ3n) is 3.82. The molecule has 2 heterocycles. The van der Waals surface area contributed by atoms with E-state index in [9.17, 15) is 4.79 Å². The zero-order chi connectivity index (χ0) is 14.6. The largest absolute Gasteiger partial charge is 0.422 e. The molecule has 3 nitrogen and oxygen atoms in total. The third-order valence-corrected chi connectivity index (χ3v) is 3.82. The predicted molar refractivity (Wildman–Crippen MR) is 84.8 cm³/mol. The monoisotopic (exact) mass is 275 g/mol. The Morgan fingerprint density at radius 3 is 2.62 bits per heavy atom. The molecule has 2 aromatic heterocycles. The van der Waals surface area contributed by atoms with Gasteiger partial charge >= 0.3 is 5.63 Å². The van der Waals surface area contributed by atoms with Crippen LogP contribution in [0.5, 0.6) is 0 Å². The Hall–Kier alpha value is -2.68. The fraction of sp³-hybridized carbons (Fsp3) is 0.111. The maximum atomic E-state index is 12.2. The van der Waals surface area contributed by atoms with E-state index in [0.717, 1.165) is 27.4 Å². The van der Waals surface area contributed by atoms with Crippen LogP contribution in [0, 0.1) is 13.8 Å². The van der Waals surface area contributed by atoms with Crippen LogP contribution in [0.3, 0.4) is 0 Å². The highest BCUT2D eigenvalue weighted by molar-refractivity contribution is 6.06. The Balaban J connectivity index is 2.31. The van der Waals surface area contributed by atoms with Crippen molar-refractivity contribution in [2.45, 2.75) is 13.8 Å². The molecule has 102 valence electrons. The quantitative estimate of drug-likeness (QED) is 0.275. The number of rotatable bonds is 0. The first-order chi connectivity index (χ1) is 10.1. The van der Waals surface area contributed by atoms with E-state index in [0.29, 0.717) is 16.5 Å². The lowest BCUT2D eigenvalue weighted by molar-refractivity contribution is 0.569. The summed E-state index contributed by atoms with van der Waals surface area (Å²) in [5, 5.41) is 2.38. The normalized spacial score (nSPS) is 11.5. The van der Waals surface area contributed by atoms with E-state index in [-0.39, 0.29) is 5.63 Å². The molecule has 0 saturated carbocycles. The van der Waals surface area contributed by atoms with Gasteiger partial charge in [-0.25, -0.2) is 9.78 Å². The Bertz CT molecular complexity index is 1080. The summed E-state index contributed by atoms with van der Waals surface area (Å²) in [6, 6.07) is 13.5. The molecule has 0 aliphatic rings. The minimum atomic E-state index is -0.336. The highest BCUT2D eigenvalue weighted by Gasteiger charge is 2.11. The molecule has 4 aromatic rings. The van der Waals surface area contributed by atoms with Crippen LogP contribution in [-0.4, -0.2) is 4.98 Å². The lowest BCUT2D eigenvalue weighted by atomic mass is 10.0. The van der Waals surface area contributed by atoms with Gasteiger partial charge in [-0.1, -0.05) is 23.8 Å². The van der Waals surface area contributed by atoms with Crippen LogP contribution in [-0.2, 0) is 0 Å². The molecule has 0 unspecified atom stereocenters. The second-order valence-electron chi connectivity index (χ2n) is 5.42. The number of nitrogens with zero attached hydrogens (tertiary/aromatic N) is 1. The number of pyridine rings is 1. The van der Waals surface area contributed by atoms with Crippen molar-refractivity contribution in [3.05, 3.63) is 64.0 Å². The van der Waals surface area contributed by atoms with Gasteiger partial charge in [0.25, 0.3) is 0 Å². The summed E-state index contributed by atoms with van der Waals surface area (Å²) in [6.07, 6.45) is 0. The summed E-state index contributed by atoms with van der Waals surface area (Å²) in [5.41, 5.74) is 4.16. The van der Waals surface area contributed by atoms with Crippen molar-refractivity contribution in [2.24, 2.45) is 0 Å². The van der Waals surface area contributed by atoms with Crippen molar-refractivity contribution >= 4 is 32.8 Å². The third kappa shape index (κ3) is 1.74. The van der Waals surface area contributed by atoms with Gasteiger partial charge < -0.3 is 4.42 Å². The smallest absolute Gasteiger partial charge is 0.345 e. The second kappa shape index (κ2) is 4.16. The van der Waals surface area contributed by atoms with Crippen LogP contribution in [0.15, 0.2) is 51.7 Å². The molecule has 0 bridgehead atoms. The molecule has 0 N–H and O–H groups in total. The van der Waals surface area contributed by atoms with Gasteiger partial charge in [-0.05, 0) is 43.7 Å². The molecule has 4 rings (SSSR count). The topological polar surface area (TPSA) is 43.1 Å². The number of benzene rings is 2. The van der Waals surface area contributed by atoms with E-state index >= 15 is 0 Å². The van der Waals surface area contributed by atoms with Crippen LogP contribution in [0.25, 0.3) is 32.8 Å². The number of hydrogen-bond donors (Lipinski definition) is 0. The molecule has 2 aromatic carbocycles. The van der Waals surface area contributed by atoms with E-state index in [1.165, 1.54) is 0 Å². The Kier molecular flexibility index (Phi) is 2.39. The predicted octanol–water partition coefficient (Wildman–Crippen LogP) is 4.11. The summed E-state index contributed by atoms with van der Waals surface area (Å²) < 4.78 is 5.39. The number of aryl methyl sites for hydroxylation is 2. The van der Waals surface area contributed by atoms with E-state index in [1.54, 1.807) is 6.07 Å². The van der Waals surface area contributed by atoms with Crippen LogP contribution in [0.2, 0.25) is 0 Å². The van der Waals surface area contributed by atoms with E-state index in [4.69, 9.17) is 9.40 Å². The first-order valence-electron chi connectivity index (χ1n) is 6.87. The standard InChI is InChI=1S/C18H13NO2/c1-10-7-11(2)16-12(8-10)9-14-17(19-16)13-5-3-4-6-15(13)21-18(14)20/h3-9H,1-2H3. The van der Waals surface area contributed by atoms with Gasteiger partial charge in [-0.3, -0.25) is 0 Å². The highest BCUT2D eigenvalue weighted by Crippen LogP contribution is 2.26. The zero-order valence-electron chi connectivity index (χ0n) is 11.8. The van der Waals surface area contributed by atoms with E-state index in [1.807, 2.05) is 44.2 Å². The molecule has 3 heteroatoms. The van der Waals surface area contributed by atoms with Gasteiger partial charge in [0.15, 0.2) is 0 Å². The van der Waals surface area contributed by atoms with Crippen molar-refractivity contribution < 1.29 is 4.42 Å². The molecule has 0 radical (unpaired) electrons.